The van der Waals surface area contributed by atoms with Crippen LogP contribution in [-0.2, 0) is 6.42 Å². The molecule has 0 saturated carbocycles. The van der Waals surface area contributed by atoms with Crippen molar-refractivity contribution in [3.05, 3.63) is 44.9 Å². The molecule has 5 nitrogen and oxygen atoms in total. The summed E-state index contributed by atoms with van der Waals surface area (Å²) in [5.41, 5.74) is 0.589. The van der Waals surface area contributed by atoms with Gasteiger partial charge in [-0.25, -0.2) is 0 Å². The number of benzene rings is 1. The Morgan fingerprint density at radius 1 is 1.39 bits per heavy atom. The molecule has 1 amide bonds. The number of nitrogens with zero attached hydrogens (tertiary/aromatic N) is 2. The Balaban J connectivity index is 1.91. The van der Waals surface area contributed by atoms with E-state index in [1.165, 1.54) is 6.39 Å². The standard InChI is InChI=1S/C11H9Br2N3O2/c12-7-1-2-8(9(13)5-7)11(17)14-4-3-10-15-6-18-16-10/h1-2,5-6H,3-4H2,(H,14,17). The number of amides is 1. The van der Waals surface area contributed by atoms with Crippen LogP contribution in [0, 0.1) is 0 Å². The molecule has 0 spiro atoms. The molecule has 7 heteroatoms. The van der Waals surface area contributed by atoms with Gasteiger partial charge in [0.1, 0.15) is 0 Å². The lowest BCUT2D eigenvalue weighted by Crippen LogP contribution is -2.26. The fraction of sp³-hybridized carbons (Fsp3) is 0.182. The van der Waals surface area contributed by atoms with Crippen LogP contribution in [0.25, 0.3) is 0 Å². The van der Waals surface area contributed by atoms with Gasteiger partial charge in [-0.1, -0.05) is 21.1 Å². The third-order valence-corrected chi connectivity index (χ3v) is 3.37. The van der Waals surface area contributed by atoms with Crippen molar-refractivity contribution in [3.63, 3.8) is 0 Å². The van der Waals surface area contributed by atoms with E-state index in [0.29, 0.717) is 24.4 Å². The second-order valence-electron chi connectivity index (χ2n) is 3.48. The van der Waals surface area contributed by atoms with Crippen molar-refractivity contribution in [2.75, 3.05) is 6.54 Å². The molecule has 2 aromatic rings. The van der Waals surface area contributed by atoms with E-state index in [4.69, 9.17) is 0 Å². The molecule has 0 bridgehead atoms. The first kappa shape index (κ1) is 13.2. The smallest absolute Gasteiger partial charge is 0.252 e. The zero-order valence-electron chi connectivity index (χ0n) is 9.19. The zero-order valence-corrected chi connectivity index (χ0v) is 12.4. The molecular weight excluding hydrogens is 366 g/mol. The molecular formula is C11H9Br2N3O2. The van der Waals surface area contributed by atoms with Gasteiger partial charge < -0.3 is 9.84 Å². The van der Waals surface area contributed by atoms with E-state index in [1.54, 1.807) is 6.07 Å². The highest BCUT2D eigenvalue weighted by Gasteiger charge is 2.10. The maximum Gasteiger partial charge on any atom is 0.252 e. The van der Waals surface area contributed by atoms with Crippen LogP contribution in [0.1, 0.15) is 16.2 Å². The Bertz CT molecular complexity index is 543. The van der Waals surface area contributed by atoms with Crippen molar-refractivity contribution in [3.8, 4) is 0 Å². The minimum Gasteiger partial charge on any atom is -0.352 e. The Morgan fingerprint density at radius 2 is 2.22 bits per heavy atom. The maximum atomic E-state index is 11.9. The lowest BCUT2D eigenvalue weighted by atomic mass is 10.2. The van der Waals surface area contributed by atoms with Gasteiger partial charge in [-0.15, -0.1) is 0 Å². The molecule has 0 radical (unpaired) electrons. The number of halogens is 2. The number of hydrogen-bond acceptors (Lipinski definition) is 4. The van der Waals surface area contributed by atoms with E-state index in [0.717, 1.165) is 8.95 Å². The molecule has 0 aliphatic carbocycles. The average Bonchev–Trinajstić information content (AvgIpc) is 2.81. The van der Waals surface area contributed by atoms with Crippen LogP contribution >= 0.6 is 31.9 Å². The first-order valence-corrected chi connectivity index (χ1v) is 6.74. The van der Waals surface area contributed by atoms with Gasteiger partial charge in [-0.3, -0.25) is 4.79 Å². The van der Waals surface area contributed by atoms with Gasteiger partial charge in [-0.2, -0.15) is 4.98 Å². The minimum absolute atomic E-state index is 0.141. The molecule has 2 rings (SSSR count). The van der Waals surface area contributed by atoms with E-state index < -0.39 is 0 Å². The highest BCUT2D eigenvalue weighted by atomic mass is 79.9. The number of hydrogen-bond donors (Lipinski definition) is 1. The summed E-state index contributed by atoms with van der Waals surface area (Å²) in [5, 5.41) is 6.45. The summed E-state index contributed by atoms with van der Waals surface area (Å²) < 4.78 is 6.26. The Hall–Kier alpha value is -1.21. The largest absolute Gasteiger partial charge is 0.352 e. The Morgan fingerprint density at radius 3 is 2.89 bits per heavy atom. The van der Waals surface area contributed by atoms with E-state index >= 15 is 0 Å². The highest BCUT2D eigenvalue weighted by Crippen LogP contribution is 2.21. The topological polar surface area (TPSA) is 68.0 Å². The minimum atomic E-state index is -0.141. The van der Waals surface area contributed by atoms with E-state index in [-0.39, 0.29) is 5.91 Å². The maximum absolute atomic E-state index is 11.9. The van der Waals surface area contributed by atoms with Crippen molar-refractivity contribution >= 4 is 37.8 Å². The predicted octanol–water partition coefficient (Wildman–Crippen LogP) is 2.57. The van der Waals surface area contributed by atoms with Crippen LogP contribution in [0.5, 0.6) is 0 Å². The SMILES string of the molecule is O=C(NCCc1ncon1)c1ccc(Br)cc1Br. The normalized spacial score (nSPS) is 10.3. The second kappa shape index (κ2) is 6.10. The zero-order chi connectivity index (χ0) is 13.0. The quantitative estimate of drug-likeness (QED) is 0.892. The van der Waals surface area contributed by atoms with Crippen molar-refractivity contribution in [2.45, 2.75) is 6.42 Å². The van der Waals surface area contributed by atoms with Gasteiger partial charge in [0.25, 0.3) is 5.91 Å². The monoisotopic (exact) mass is 373 g/mol. The van der Waals surface area contributed by atoms with Crippen LogP contribution in [0.15, 0.2) is 38.1 Å². The molecule has 1 aromatic heterocycles. The number of aromatic nitrogens is 2. The molecule has 1 aromatic carbocycles. The second-order valence-corrected chi connectivity index (χ2v) is 5.25. The van der Waals surface area contributed by atoms with Gasteiger partial charge >= 0.3 is 0 Å². The van der Waals surface area contributed by atoms with Gasteiger partial charge in [0, 0.05) is 21.9 Å². The van der Waals surface area contributed by atoms with Crippen molar-refractivity contribution in [1.29, 1.82) is 0 Å². The molecule has 0 saturated heterocycles. The highest BCUT2D eigenvalue weighted by molar-refractivity contribution is 9.11. The fourth-order valence-electron chi connectivity index (χ4n) is 1.36. The number of carbonyl (C=O) groups excluding carboxylic acids is 1. The van der Waals surface area contributed by atoms with Crippen molar-refractivity contribution < 1.29 is 9.32 Å². The average molecular weight is 375 g/mol. The van der Waals surface area contributed by atoms with E-state index in [1.807, 2.05) is 12.1 Å². The lowest BCUT2D eigenvalue weighted by molar-refractivity contribution is 0.0953. The number of rotatable bonds is 4. The van der Waals surface area contributed by atoms with Crippen LogP contribution in [0.3, 0.4) is 0 Å². The van der Waals surface area contributed by atoms with Crippen LogP contribution in [0.4, 0.5) is 0 Å². The van der Waals surface area contributed by atoms with E-state index in [2.05, 4.69) is 51.8 Å². The summed E-state index contributed by atoms with van der Waals surface area (Å²) in [5.74, 6) is 0.433. The van der Waals surface area contributed by atoms with Crippen LogP contribution < -0.4 is 5.32 Å². The molecule has 0 atom stereocenters. The molecule has 1 heterocycles. The fourth-order valence-corrected chi connectivity index (χ4v) is 2.59. The summed E-state index contributed by atoms with van der Waals surface area (Å²) in [6.07, 6.45) is 1.80. The van der Waals surface area contributed by atoms with Crippen molar-refractivity contribution in [2.24, 2.45) is 0 Å². The third kappa shape index (κ3) is 3.39. The Labute approximate surface area is 120 Å². The predicted molar refractivity (Wildman–Crippen MR) is 72.2 cm³/mol. The summed E-state index contributed by atoms with van der Waals surface area (Å²) in [7, 11) is 0. The lowest BCUT2D eigenvalue weighted by Gasteiger charge is -2.06. The summed E-state index contributed by atoms with van der Waals surface area (Å²) in [6, 6.07) is 5.39. The van der Waals surface area contributed by atoms with Gasteiger partial charge in [0.05, 0.1) is 5.56 Å². The molecule has 1 N–H and O–H groups in total. The molecule has 0 unspecified atom stereocenters. The molecule has 0 aliphatic rings. The van der Waals surface area contributed by atoms with Gasteiger partial charge in [-0.05, 0) is 34.1 Å². The molecule has 18 heavy (non-hydrogen) atoms. The Kier molecular flexibility index (Phi) is 4.48. The van der Waals surface area contributed by atoms with Crippen LogP contribution in [0.2, 0.25) is 0 Å². The summed E-state index contributed by atoms with van der Waals surface area (Å²) in [6.45, 7) is 0.459. The number of carbonyl (C=O) groups is 1. The third-order valence-electron chi connectivity index (χ3n) is 2.22. The van der Waals surface area contributed by atoms with Gasteiger partial charge in [0.15, 0.2) is 5.82 Å². The van der Waals surface area contributed by atoms with Crippen molar-refractivity contribution in [1.82, 2.24) is 15.5 Å². The van der Waals surface area contributed by atoms with Crippen LogP contribution in [-0.4, -0.2) is 22.6 Å². The molecule has 0 fully saturated rings. The first-order valence-electron chi connectivity index (χ1n) is 5.15. The summed E-state index contributed by atoms with van der Waals surface area (Å²) >= 11 is 6.68. The molecule has 94 valence electrons. The number of nitrogens with one attached hydrogen (secondary N) is 1. The first-order chi connectivity index (χ1) is 8.66. The van der Waals surface area contributed by atoms with Gasteiger partial charge in [0.2, 0.25) is 6.39 Å². The van der Waals surface area contributed by atoms with E-state index in [9.17, 15) is 4.79 Å². The summed E-state index contributed by atoms with van der Waals surface area (Å²) in [4.78, 5) is 15.8. The molecule has 0 aliphatic heterocycles.